The van der Waals surface area contributed by atoms with Gasteiger partial charge >= 0.3 is 0 Å². The lowest BCUT2D eigenvalue weighted by Gasteiger charge is -2.66. The van der Waals surface area contributed by atoms with Crippen LogP contribution in [0.4, 0.5) is 0 Å². The third-order valence-electron chi connectivity index (χ3n) is 9.53. The van der Waals surface area contributed by atoms with Gasteiger partial charge in [0.2, 0.25) is 5.91 Å². The van der Waals surface area contributed by atoms with Gasteiger partial charge in [-0.15, -0.1) is 0 Å². The van der Waals surface area contributed by atoms with Gasteiger partial charge in [-0.1, -0.05) is 30.9 Å². The maximum absolute atomic E-state index is 14.1. The highest BCUT2D eigenvalue weighted by Gasteiger charge is 2.66. The average molecular weight is 439 g/mol. The number of nitrogens with one attached hydrogen (secondary N) is 1. The van der Waals surface area contributed by atoms with E-state index in [0.717, 1.165) is 45.4 Å². The molecule has 32 heavy (non-hydrogen) atoms. The molecule has 7 fully saturated rings. The minimum atomic E-state index is -0.250. The van der Waals surface area contributed by atoms with Crippen LogP contribution in [0.3, 0.4) is 0 Å². The molecule has 0 aromatic heterocycles. The Kier molecular flexibility index (Phi) is 5.90. The fourth-order valence-corrected chi connectivity index (χ4v) is 8.64. The van der Waals surface area contributed by atoms with Gasteiger partial charge in [-0.25, -0.2) is 0 Å². The molecule has 0 aromatic carbocycles. The second kappa shape index (κ2) is 8.43. The Balaban J connectivity index is 1.42. The lowest BCUT2D eigenvalue weighted by molar-refractivity contribution is -0.181. The van der Waals surface area contributed by atoms with E-state index in [-0.39, 0.29) is 16.2 Å². The van der Waals surface area contributed by atoms with Crippen LogP contribution in [0, 0.1) is 28.1 Å². The smallest absolute Gasteiger partial charge is 0.226 e. The summed E-state index contributed by atoms with van der Waals surface area (Å²) in [5, 5.41) is 3.61. The number of piperidine rings is 3. The van der Waals surface area contributed by atoms with Crippen LogP contribution < -0.4 is 5.32 Å². The lowest BCUT2D eigenvalue weighted by atomic mass is 9.38. The molecule has 3 saturated heterocycles. The van der Waals surface area contributed by atoms with Gasteiger partial charge in [0.25, 0.3) is 0 Å². The van der Waals surface area contributed by atoms with Crippen molar-refractivity contribution in [1.29, 1.82) is 0 Å². The fourth-order valence-electron chi connectivity index (χ4n) is 8.64. The third-order valence-corrected chi connectivity index (χ3v) is 9.53. The molecular weight excluding hydrogens is 396 g/mol. The topological polar surface area (TPSA) is 41.6 Å². The standard InChI is InChI=1S/C28H42N2O2/c1-4-6-7-8-21(3)27-14-22-13-26(17-27,20-32-5-2)18-28(15-22,19-27)25(31)29-24-16-30-11-9-23(24)10-12-30/h4,6-8,22-24H,3,5,9-20H2,1-2H3,(H,29,31)/b6-4-,8-7-/t22?,24-,26+,27-,28?/m1/s1. The molecule has 4 saturated carbocycles. The highest BCUT2D eigenvalue weighted by atomic mass is 16.5. The van der Waals surface area contributed by atoms with E-state index in [4.69, 9.17) is 4.74 Å². The highest BCUT2D eigenvalue weighted by molar-refractivity contribution is 5.84. The molecule has 2 unspecified atom stereocenters. The molecule has 0 aromatic rings. The number of rotatable bonds is 8. The van der Waals surface area contributed by atoms with Crippen molar-refractivity contribution in [1.82, 2.24) is 10.2 Å². The van der Waals surface area contributed by atoms with Gasteiger partial charge in [0.15, 0.2) is 0 Å². The third kappa shape index (κ3) is 3.81. The van der Waals surface area contributed by atoms with Crippen LogP contribution in [0.5, 0.6) is 0 Å². The summed E-state index contributed by atoms with van der Waals surface area (Å²) in [6.07, 6.45) is 17.5. The summed E-state index contributed by atoms with van der Waals surface area (Å²) in [6.45, 7) is 13.7. The summed E-state index contributed by atoms with van der Waals surface area (Å²) in [6, 6.07) is 0.342. The van der Waals surface area contributed by atoms with Gasteiger partial charge in [-0.2, -0.15) is 0 Å². The molecule has 7 aliphatic rings. The maximum Gasteiger partial charge on any atom is 0.226 e. The number of nitrogens with zero attached hydrogens (tertiary/aromatic N) is 1. The monoisotopic (exact) mass is 438 g/mol. The van der Waals surface area contributed by atoms with Crippen LogP contribution in [0.2, 0.25) is 0 Å². The summed E-state index contributed by atoms with van der Waals surface area (Å²) in [5.41, 5.74) is 1.14. The van der Waals surface area contributed by atoms with Gasteiger partial charge in [0.1, 0.15) is 0 Å². The Bertz CT molecular complexity index is 810. The van der Waals surface area contributed by atoms with E-state index in [1.54, 1.807) is 0 Å². The number of carbonyl (C=O) groups is 1. The van der Waals surface area contributed by atoms with Crippen molar-refractivity contribution in [2.24, 2.45) is 28.1 Å². The van der Waals surface area contributed by atoms with E-state index in [1.807, 2.05) is 6.92 Å². The van der Waals surface area contributed by atoms with Crippen LogP contribution >= 0.6 is 0 Å². The molecule has 1 N–H and O–H groups in total. The van der Waals surface area contributed by atoms with E-state index < -0.39 is 0 Å². The minimum Gasteiger partial charge on any atom is -0.381 e. The Morgan fingerprint density at radius 2 is 1.88 bits per heavy atom. The quantitative estimate of drug-likeness (QED) is 0.549. The van der Waals surface area contributed by atoms with Crippen LogP contribution in [-0.4, -0.2) is 49.7 Å². The molecule has 7 rings (SSSR count). The van der Waals surface area contributed by atoms with E-state index >= 15 is 0 Å². The normalized spacial score (nSPS) is 44.6. The zero-order chi connectivity index (χ0) is 22.4. The molecule has 6 bridgehead atoms. The molecule has 3 heterocycles. The molecule has 0 spiro atoms. The van der Waals surface area contributed by atoms with Crippen molar-refractivity contribution in [3.05, 3.63) is 36.5 Å². The van der Waals surface area contributed by atoms with Gasteiger partial charge in [-0.3, -0.25) is 4.79 Å². The summed E-state index contributed by atoms with van der Waals surface area (Å²) < 4.78 is 6.06. The zero-order valence-corrected chi connectivity index (χ0v) is 20.2. The second-order valence-corrected chi connectivity index (χ2v) is 11.8. The fraction of sp³-hybridized carbons (Fsp3) is 0.750. The van der Waals surface area contributed by atoms with Crippen LogP contribution in [0.1, 0.15) is 65.2 Å². The number of allylic oxidation sites excluding steroid dienone is 5. The van der Waals surface area contributed by atoms with E-state index in [0.29, 0.717) is 23.8 Å². The molecule has 4 heteroatoms. The molecule has 0 radical (unpaired) electrons. The minimum absolute atomic E-state index is 0.0427. The van der Waals surface area contributed by atoms with Crippen molar-refractivity contribution < 1.29 is 9.53 Å². The predicted molar refractivity (Wildman–Crippen MR) is 129 cm³/mol. The summed E-state index contributed by atoms with van der Waals surface area (Å²) in [7, 11) is 0. The van der Waals surface area contributed by atoms with Crippen molar-refractivity contribution in [3.8, 4) is 0 Å². The number of fused-ring (bicyclic) bond motifs is 3. The zero-order valence-electron chi connectivity index (χ0n) is 20.2. The first-order valence-electron chi connectivity index (χ1n) is 13.0. The molecule has 4 nitrogen and oxygen atoms in total. The average Bonchev–Trinajstić information content (AvgIpc) is 2.78. The number of hydrogen-bond acceptors (Lipinski definition) is 3. The number of amides is 1. The van der Waals surface area contributed by atoms with Crippen LogP contribution in [0.25, 0.3) is 0 Å². The van der Waals surface area contributed by atoms with Gasteiger partial charge in [0, 0.05) is 19.2 Å². The molecule has 1 amide bonds. The van der Waals surface area contributed by atoms with Crippen molar-refractivity contribution in [3.63, 3.8) is 0 Å². The Morgan fingerprint density at radius 3 is 2.56 bits per heavy atom. The first-order valence-corrected chi connectivity index (χ1v) is 13.0. The largest absolute Gasteiger partial charge is 0.381 e. The number of ether oxygens (including phenoxy) is 1. The van der Waals surface area contributed by atoms with Gasteiger partial charge in [0.05, 0.1) is 12.0 Å². The second-order valence-electron chi connectivity index (χ2n) is 11.8. The summed E-state index contributed by atoms with van der Waals surface area (Å²) in [5.74, 6) is 1.62. The van der Waals surface area contributed by atoms with Crippen molar-refractivity contribution in [2.45, 2.75) is 71.3 Å². The predicted octanol–water partition coefficient (Wildman–Crippen LogP) is 4.88. The van der Waals surface area contributed by atoms with Crippen molar-refractivity contribution in [2.75, 3.05) is 32.8 Å². The first-order chi connectivity index (χ1) is 15.4. The van der Waals surface area contributed by atoms with Crippen LogP contribution in [-0.2, 0) is 9.53 Å². The van der Waals surface area contributed by atoms with E-state index in [1.165, 1.54) is 44.3 Å². The summed E-state index contributed by atoms with van der Waals surface area (Å²) in [4.78, 5) is 16.6. The van der Waals surface area contributed by atoms with Crippen molar-refractivity contribution >= 4 is 5.91 Å². The van der Waals surface area contributed by atoms with E-state index in [9.17, 15) is 4.79 Å². The number of carbonyl (C=O) groups excluding carboxylic acids is 1. The van der Waals surface area contributed by atoms with Gasteiger partial charge < -0.3 is 15.0 Å². The first kappa shape index (κ1) is 22.4. The lowest BCUT2D eigenvalue weighted by Crippen LogP contribution is -2.65. The van der Waals surface area contributed by atoms with Crippen LogP contribution in [0.15, 0.2) is 36.5 Å². The highest BCUT2D eigenvalue weighted by Crippen LogP contribution is 2.71. The Labute approximate surface area is 194 Å². The molecule has 5 atom stereocenters. The maximum atomic E-state index is 14.1. The molecule has 176 valence electrons. The summed E-state index contributed by atoms with van der Waals surface area (Å²) >= 11 is 0. The molecular formula is C28H42N2O2. The Morgan fingerprint density at radius 1 is 1.12 bits per heavy atom. The molecule has 3 aliphatic heterocycles. The Hall–Kier alpha value is -1.39. The molecule has 4 aliphatic carbocycles. The number of hydrogen-bond donors (Lipinski definition) is 1. The van der Waals surface area contributed by atoms with Gasteiger partial charge in [-0.05, 0) is 107 Å². The SMILES string of the molecule is C=C(/C=C\C=C/C)[C@]12CC3CC(C(=O)N[C@@H]4CN5CCC4CC5)(C[C@](COCC)(C3)C1)C2. The van der Waals surface area contributed by atoms with E-state index in [2.05, 4.69) is 48.0 Å².